The van der Waals surface area contributed by atoms with Crippen molar-refractivity contribution >= 4 is 23.5 Å². The van der Waals surface area contributed by atoms with Crippen molar-refractivity contribution in [2.24, 2.45) is 11.3 Å². The third-order valence-corrected chi connectivity index (χ3v) is 6.01. The van der Waals surface area contributed by atoms with E-state index < -0.39 is 11.8 Å². The van der Waals surface area contributed by atoms with Gasteiger partial charge < -0.3 is 15.3 Å². The molecule has 2 aromatic rings. The molecular formula is C22H21FN2O4. The summed E-state index contributed by atoms with van der Waals surface area (Å²) in [5.74, 6) is -1.95. The predicted molar refractivity (Wildman–Crippen MR) is 104 cm³/mol. The van der Waals surface area contributed by atoms with Crippen LogP contribution in [0.2, 0.25) is 0 Å². The number of rotatable bonds is 4. The zero-order valence-electron chi connectivity index (χ0n) is 15.7. The van der Waals surface area contributed by atoms with Crippen LogP contribution < -0.4 is 5.32 Å². The van der Waals surface area contributed by atoms with Gasteiger partial charge in [0.2, 0.25) is 0 Å². The highest BCUT2D eigenvalue weighted by atomic mass is 19.1. The van der Waals surface area contributed by atoms with Crippen molar-refractivity contribution < 1.29 is 23.9 Å². The van der Waals surface area contributed by atoms with E-state index in [9.17, 15) is 23.9 Å². The Balaban J connectivity index is 1.39. The number of carbonyl (C=O) groups is 3. The van der Waals surface area contributed by atoms with E-state index in [1.165, 1.54) is 24.3 Å². The lowest BCUT2D eigenvalue weighted by Crippen LogP contribution is -2.40. The molecule has 1 aliphatic heterocycles. The lowest BCUT2D eigenvalue weighted by molar-refractivity contribution is -0.139. The Morgan fingerprint density at radius 2 is 1.72 bits per heavy atom. The van der Waals surface area contributed by atoms with E-state index in [4.69, 9.17) is 0 Å². The quantitative estimate of drug-likeness (QED) is 0.829. The van der Waals surface area contributed by atoms with Crippen molar-refractivity contribution in [3.8, 4) is 0 Å². The Labute approximate surface area is 167 Å². The summed E-state index contributed by atoms with van der Waals surface area (Å²) in [4.78, 5) is 38.1. The number of nitrogens with zero attached hydrogens (tertiary/aromatic N) is 1. The molecule has 1 saturated carbocycles. The molecule has 1 unspecified atom stereocenters. The van der Waals surface area contributed by atoms with Gasteiger partial charge in [-0.3, -0.25) is 14.4 Å². The van der Waals surface area contributed by atoms with Crippen molar-refractivity contribution in [2.75, 3.05) is 18.4 Å². The molecule has 0 radical (unpaired) electrons. The molecule has 1 spiro atoms. The van der Waals surface area contributed by atoms with E-state index in [0.29, 0.717) is 49.2 Å². The van der Waals surface area contributed by atoms with Gasteiger partial charge in [0.25, 0.3) is 11.8 Å². The van der Waals surface area contributed by atoms with Gasteiger partial charge in [0.05, 0.1) is 5.92 Å². The minimum Gasteiger partial charge on any atom is -0.481 e. The van der Waals surface area contributed by atoms with Crippen LogP contribution in [0.1, 0.15) is 40.0 Å². The highest BCUT2D eigenvalue weighted by Crippen LogP contribution is 2.59. The van der Waals surface area contributed by atoms with Crippen LogP contribution in [-0.4, -0.2) is 40.9 Å². The molecule has 1 aliphatic carbocycles. The van der Waals surface area contributed by atoms with E-state index in [1.807, 2.05) is 0 Å². The van der Waals surface area contributed by atoms with Gasteiger partial charge in [-0.25, -0.2) is 4.39 Å². The molecule has 0 aromatic heterocycles. The standard InChI is InChI=1S/C22H21FN2O4/c23-16-6-4-14(5-7-16)19(26)24-17-3-1-2-15(12-17)20(27)25-10-8-22(9-11-25)13-18(22)21(28)29/h1-7,12,18H,8-11,13H2,(H,24,26)(H,28,29). The summed E-state index contributed by atoms with van der Waals surface area (Å²) in [7, 11) is 0. The minimum atomic E-state index is -0.741. The van der Waals surface area contributed by atoms with Crippen LogP contribution in [0.3, 0.4) is 0 Å². The fraction of sp³-hybridized carbons (Fsp3) is 0.318. The van der Waals surface area contributed by atoms with Crippen LogP contribution in [0.15, 0.2) is 48.5 Å². The highest BCUT2D eigenvalue weighted by Gasteiger charge is 2.59. The van der Waals surface area contributed by atoms with Crippen molar-refractivity contribution in [2.45, 2.75) is 19.3 Å². The summed E-state index contributed by atoms with van der Waals surface area (Å²) in [6.07, 6.45) is 2.11. The molecule has 7 heteroatoms. The van der Waals surface area contributed by atoms with Crippen molar-refractivity contribution in [1.29, 1.82) is 0 Å². The van der Waals surface area contributed by atoms with E-state index in [0.717, 1.165) is 0 Å². The molecule has 1 saturated heterocycles. The molecule has 6 nitrogen and oxygen atoms in total. The molecule has 2 N–H and O–H groups in total. The zero-order chi connectivity index (χ0) is 20.6. The number of anilines is 1. The van der Waals surface area contributed by atoms with Gasteiger partial charge in [-0.15, -0.1) is 0 Å². The Kier molecular flexibility index (Phi) is 4.82. The lowest BCUT2D eigenvalue weighted by atomic mass is 9.90. The second-order valence-corrected chi connectivity index (χ2v) is 7.79. The molecule has 29 heavy (non-hydrogen) atoms. The highest BCUT2D eigenvalue weighted by molar-refractivity contribution is 6.05. The van der Waals surface area contributed by atoms with Crippen molar-refractivity contribution in [1.82, 2.24) is 4.90 Å². The number of likely N-dealkylation sites (tertiary alicyclic amines) is 1. The number of piperidine rings is 1. The van der Waals surface area contributed by atoms with Gasteiger partial charge in [-0.1, -0.05) is 6.07 Å². The van der Waals surface area contributed by atoms with Gasteiger partial charge >= 0.3 is 5.97 Å². The van der Waals surface area contributed by atoms with Gasteiger partial charge in [0, 0.05) is 29.9 Å². The summed E-state index contributed by atoms with van der Waals surface area (Å²) in [5.41, 5.74) is 1.13. The molecular weight excluding hydrogens is 375 g/mol. The third-order valence-electron chi connectivity index (χ3n) is 6.01. The number of aliphatic carboxylic acids is 1. The minimum absolute atomic E-state index is 0.131. The number of carboxylic acid groups (broad SMARTS) is 1. The van der Waals surface area contributed by atoms with Crippen LogP contribution >= 0.6 is 0 Å². The van der Waals surface area contributed by atoms with Crippen LogP contribution in [0.4, 0.5) is 10.1 Å². The normalized spacial score (nSPS) is 19.6. The summed E-state index contributed by atoms with van der Waals surface area (Å²) in [6, 6.07) is 11.9. The molecule has 1 heterocycles. The first-order valence-electron chi connectivity index (χ1n) is 9.57. The molecule has 2 fully saturated rings. The number of carboxylic acids is 1. The maximum absolute atomic E-state index is 13.0. The Morgan fingerprint density at radius 3 is 2.34 bits per heavy atom. The van der Waals surface area contributed by atoms with Crippen molar-refractivity contribution in [3.05, 3.63) is 65.5 Å². The molecule has 2 amide bonds. The number of amides is 2. The maximum atomic E-state index is 13.0. The topological polar surface area (TPSA) is 86.7 Å². The van der Waals surface area contributed by atoms with Crippen LogP contribution in [0.25, 0.3) is 0 Å². The van der Waals surface area contributed by atoms with E-state index in [-0.39, 0.29) is 23.1 Å². The maximum Gasteiger partial charge on any atom is 0.307 e. The first-order valence-corrected chi connectivity index (χ1v) is 9.57. The first-order chi connectivity index (χ1) is 13.9. The van der Waals surface area contributed by atoms with Gasteiger partial charge in [0.1, 0.15) is 5.82 Å². The first kappa shape index (κ1) is 19.1. The number of benzene rings is 2. The Hall–Kier alpha value is -3.22. The fourth-order valence-electron chi connectivity index (χ4n) is 4.12. The molecule has 2 aliphatic rings. The number of nitrogens with one attached hydrogen (secondary N) is 1. The second kappa shape index (κ2) is 7.31. The molecule has 0 bridgehead atoms. The van der Waals surface area contributed by atoms with Crippen LogP contribution in [0, 0.1) is 17.2 Å². The number of hydrogen-bond acceptors (Lipinski definition) is 3. The number of hydrogen-bond donors (Lipinski definition) is 2. The molecule has 4 rings (SSSR count). The smallest absolute Gasteiger partial charge is 0.307 e. The fourth-order valence-corrected chi connectivity index (χ4v) is 4.12. The van der Waals surface area contributed by atoms with Gasteiger partial charge in [0.15, 0.2) is 0 Å². The largest absolute Gasteiger partial charge is 0.481 e. The number of halogens is 1. The third kappa shape index (κ3) is 3.85. The van der Waals surface area contributed by atoms with Crippen LogP contribution in [-0.2, 0) is 4.79 Å². The molecule has 1 atom stereocenters. The lowest BCUT2D eigenvalue weighted by Gasteiger charge is -2.32. The average Bonchev–Trinajstić information content (AvgIpc) is 3.42. The summed E-state index contributed by atoms with van der Waals surface area (Å²) >= 11 is 0. The average molecular weight is 396 g/mol. The Morgan fingerprint density at radius 1 is 1.03 bits per heavy atom. The predicted octanol–water partition coefficient (Wildman–Crippen LogP) is 3.40. The second-order valence-electron chi connectivity index (χ2n) is 7.79. The van der Waals surface area contributed by atoms with Gasteiger partial charge in [-0.05, 0) is 67.1 Å². The molecule has 2 aromatic carbocycles. The Bertz CT molecular complexity index is 965. The number of carbonyl (C=O) groups excluding carboxylic acids is 2. The monoisotopic (exact) mass is 396 g/mol. The summed E-state index contributed by atoms with van der Waals surface area (Å²) in [5, 5.41) is 11.9. The van der Waals surface area contributed by atoms with Gasteiger partial charge in [-0.2, -0.15) is 0 Å². The SMILES string of the molecule is O=C(Nc1cccc(C(=O)N2CCC3(CC2)CC3C(=O)O)c1)c1ccc(F)cc1. The molecule has 150 valence electrons. The summed E-state index contributed by atoms with van der Waals surface area (Å²) < 4.78 is 13.0. The zero-order valence-corrected chi connectivity index (χ0v) is 15.7. The van der Waals surface area contributed by atoms with Crippen molar-refractivity contribution in [3.63, 3.8) is 0 Å². The van der Waals surface area contributed by atoms with E-state index in [1.54, 1.807) is 29.2 Å². The van der Waals surface area contributed by atoms with Crippen LogP contribution in [0.5, 0.6) is 0 Å². The van der Waals surface area contributed by atoms with E-state index >= 15 is 0 Å². The van der Waals surface area contributed by atoms with E-state index in [2.05, 4.69) is 5.32 Å². The summed E-state index contributed by atoms with van der Waals surface area (Å²) in [6.45, 7) is 1.07.